The highest BCUT2D eigenvalue weighted by Gasteiger charge is 2.21. The zero-order chi connectivity index (χ0) is 12.6. The van der Waals surface area contributed by atoms with Crippen LogP contribution in [0.2, 0.25) is 0 Å². The van der Waals surface area contributed by atoms with E-state index in [4.69, 9.17) is 4.42 Å². The SMILES string of the molecule is Cc1cc(C)c(C(=O)c2occc2C)c(F)c1. The molecule has 0 aliphatic heterocycles. The summed E-state index contributed by atoms with van der Waals surface area (Å²) in [6.45, 7) is 5.28. The van der Waals surface area contributed by atoms with Gasteiger partial charge in [0.15, 0.2) is 5.76 Å². The zero-order valence-electron chi connectivity index (χ0n) is 10.0. The highest BCUT2D eigenvalue weighted by atomic mass is 19.1. The molecule has 17 heavy (non-hydrogen) atoms. The van der Waals surface area contributed by atoms with Crippen molar-refractivity contribution in [1.29, 1.82) is 0 Å². The average molecular weight is 232 g/mol. The molecule has 0 fully saturated rings. The maximum Gasteiger partial charge on any atom is 0.231 e. The van der Waals surface area contributed by atoms with Crippen LogP contribution in [0.4, 0.5) is 4.39 Å². The summed E-state index contributed by atoms with van der Waals surface area (Å²) in [5, 5.41) is 0. The van der Waals surface area contributed by atoms with Gasteiger partial charge in [-0.05, 0) is 49.6 Å². The summed E-state index contributed by atoms with van der Waals surface area (Å²) in [4.78, 5) is 12.1. The molecule has 0 unspecified atom stereocenters. The fourth-order valence-corrected chi connectivity index (χ4v) is 1.92. The molecule has 0 radical (unpaired) electrons. The summed E-state index contributed by atoms with van der Waals surface area (Å²) in [6, 6.07) is 4.84. The Kier molecular flexibility index (Phi) is 2.84. The number of rotatable bonds is 2. The lowest BCUT2D eigenvalue weighted by Gasteiger charge is -2.06. The van der Waals surface area contributed by atoms with Gasteiger partial charge < -0.3 is 4.42 Å². The Morgan fingerprint density at radius 3 is 2.41 bits per heavy atom. The van der Waals surface area contributed by atoms with Crippen molar-refractivity contribution in [2.45, 2.75) is 20.8 Å². The first-order valence-electron chi connectivity index (χ1n) is 5.36. The maximum absolute atomic E-state index is 13.8. The van der Waals surface area contributed by atoms with Crippen LogP contribution in [0, 0.1) is 26.6 Å². The number of carbonyl (C=O) groups is 1. The van der Waals surface area contributed by atoms with Crippen LogP contribution < -0.4 is 0 Å². The van der Waals surface area contributed by atoms with Crippen molar-refractivity contribution in [2.75, 3.05) is 0 Å². The molecule has 0 atom stereocenters. The van der Waals surface area contributed by atoms with E-state index in [9.17, 15) is 9.18 Å². The van der Waals surface area contributed by atoms with Crippen molar-refractivity contribution >= 4 is 5.78 Å². The van der Waals surface area contributed by atoms with Crippen LogP contribution in [0.1, 0.15) is 32.8 Å². The van der Waals surface area contributed by atoms with Crippen molar-refractivity contribution < 1.29 is 13.6 Å². The number of aryl methyl sites for hydroxylation is 3. The fraction of sp³-hybridized carbons (Fsp3) is 0.214. The van der Waals surface area contributed by atoms with Crippen molar-refractivity contribution in [3.05, 3.63) is 58.3 Å². The smallest absolute Gasteiger partial charge is 0.231 e. The number of furan rings is 1. The molecule has 0 amide bonds. The van der Waals surface area contributed by atoms with Gasteiger partial charge in [-0.25, -0.2) is 4.39 Å². The number of halogens is 1. The van der Waals surface area contributed by atoms with E-state index in [1.165, 1.54) is 12.3 Å². The predicted molar refractivity (Wildman–Crippen MR) is 62.8 cm³/mol. The van der Waals surface area contributed by atoms with E-state index in [1.54, 1.807) is 32.9 Å². The topological polar surface area (TPSA) is 30.2 Å². The van der Waals surface area contributed by atoms with Gasteiger partial charge in [0.25, 0.3) is 0 Å². The van der Waals surface area contributed by atoms with Gasteiger partial charge in [-0.2, -0.15) is 0 Å². The van der Waals surface area contributed by atoms with Gasteiger partial charge in [0, 0.05) is 0 Å². The molecular formula is C14H13FO2. The maximum atomic E-state index is 13.8. The number of hydrogen-bond donors (Lipinski definition) is 0. The van der Waals surface area contributed by atoms with Crippen molar-refractivity contribution in [1.82, 2.24) is 0 Å². The number of carbonyl (C=O) groups excluding carboxylic acids is 1. The second-order valence-corrected chi connectivity index (χ2v) is 4.20. The van der Waals surface area contributed by atoms with Gasteiger partial charge in [-0.1, -0.05) is 6.07 Å². The zero-order valence-corrected chi connectivity index (χ0v) is 10.0. The van der Waals surface area contributed by atoms with Gasteiger partial charge in [0.05, 0.1) is 11.8 Å². The molecule has 88 valence electrons. The lowest BCUT2D eigenvalue weighted by Crippen LogP contribution is -2.07. The Morgan fingerprint density at radius 1 is 1.18 bits per heavy atom. The van der Waals surface area contributed by atoms with Crippen molar-refractivity contribution in [3.8, 4) is 0 Å². The van der Waals surface area contributed by atoms with Gasteiger partial charge >= 0.3 is 0 Å². The first-order valence-corrected chi connectivity index (χ1v) is 5.36. The fourth-order valence-electron chi connectivity index (χ4n) is 1.92. The standard InChI is InChI=1S/C14H13FO2/c1-8-6-10(3)12(11(15)7-8)13(16)14-9(2)4-5-17-14/h4-7H,1-3H3. The second-order valence-electron chi connectivity index (χ2n) is 4.20. The van der Waals surface area contributed by atoms with Crippen LogP contribution in [0.15, 0.2) is 28.9 Å². The quantitative estimate of drug-likeness (QED) is 0.741. The van der Waals surface area contributed by atoms with Crippen LogP contribution in [-0.4, -0.2) is 5.78 Å². The molecule has 3 heteroatoms. The van der Waals surface area contributed by atoms with Crippen molar-refractivity contribution in [2.24, 2.45) is 0 Å². The summed E-state index contributed by atoms with van der Waals surface area (Å²) in [5.41, 5.74) is 2.24. The minimum absolute atomic E-state index is 0.0913. The van der Waals surface area contributed by atoms with E-state index < -0.39 is 11.6 Å². The molecular weight excluding hydrogens is 219 g/mol. The van der Waals surface area contributed by atoms with Gasteiger partial charge in [0.2, 0.25) is 5.78 Å². The van der Waals surface area contributed by atoms with Crippen LogP contribution >= 0.6 is 0 Å². The first-order chi connectivity index (χ1) is 8.00. The predicted octanol–water partition coefficient (Wildman–Crippen LogP) is 3.57. The van der Waals surface area contributed by atoms with E-state index in [-0.39, 0.29) is 11.3 Å². The van der Waals surface area contributed by atoms with E-state index in [0.29, 0.717) is 5.56 Å². The normalized spacial score (nSPS) is 10.6. The van der Waals surface area contributed by atoms with E-state index >= 15 is 0 Å². The largest absolute Gasteiger partial charge is 0.461 e. The monoisotopic (exact) mass is 232 g/mol. The molecule has 0 bridgehead atoms. The molecule has 0 aliphatic carbocycles. The van der Waals surface area contributed by atoms with E-state index in [2.05, 4.69) is 0 Å². The molecule has 0 N–H and O–H groups in total. The summed E-state index contributed by atoms with van der Waals surface area (Å²) in [6.07, 6.45) is 1.43. The Labute approximate surface area is 99.1 Å². The molecule has 1 aromatic carbocycles. The number of hydrogen-bond acceptors (Lipinski definition) is 2. The Morgan fingerprint density at radius 2 is 1.88 bits per heavy atom. The third kappa shape index (κ3) is 2.00. The summed E-state index contributed by atoms with van der Waals surface area (Å²) >= 11 is 0. The Bertz CT molecular complexity index is 559. The Hall–Kier alpha value is -1.90. The average Bonchev–Trinajstić information content (AvgIpc) is 2.62. The van der Waals surface area contributed by atoms with Crippen LogP contribution in [-0.2, 0) is 0 Å². The molecule has 2 aromatic rings. The third-order valence-electron chi connectivity index (χ3n) is 2.73. The number of benzene rings is 1. The minimum atomic E-state index is -0.497. The molecule has 0 saturated heterocycles. The summed E-state index contributed by atoms with van der Waals surface area (Å²) < 4.78 is 18.9. The molecule has 2 nitrogen and oxygen atoms in total. The molecule has 0 aliphatic rings. The Balaban J connectivity index is 2.56. The summed E-state index contributed by atoms with van der Waals surface area (Å²) in [5.74, 6) is -0.693. The van der Waals surface area contributed by atoms with Crippen molar-refractivity contribution in [3.63, 3.8) is 0 Å². The third-order valence-corrected chi connectivity index (χ3v) is 2.73. The second kappa shape index (κ2) is 4.17. The van der Waals surface area contributed by atoms with Gasteiger partial charge in [-0.15, -0.1) is 0 Å². The van der Waals surface area contributed by atoms with Crippen LogP contribution in [0.3, 0.4) is 0 Å². The lowest BCUT2D eigenvalue weighted by atomic mass is 9.99. The van der Waals surface area contributed by atoms with Gasteiger partial charge in [-0.3, -0.25) is 4.79 Å². The summed E-state index contributed by atoms with van der Waals surface area (Å²) in [7, 11) is 0. The van der Waals surface area contributed by atoms with Crippen LogP contribution in [0.25, 0.3) is 0 Å². The van der Waals surface area contributed by atoms with E-state index in [1.807, 2.05) is 0 Å². The lowest BCUT2D eigenvalue weighted by molar-refractivity contribution is 0.100. The van der Waals surface area contributed by atoms with Gasteiger partial charge in [0.1, 0.15) is 5.82 Å². The molecule has 1 heterocycles. The number of ketones is 1. The van der Waals surface area contributed by atoms with E-state index in [0.717, 1.165) is 11.1 Å². The minimum Gasteiger partial charge on any atom is -0.461 e. The van der Waals surface area contributed by atoms with Crippen LogP contribution in [0.5, 0.6) is 0 Å². The molecule has 0 saturated carbocycles. The molecule has 2 rings (SSSR count). The highest BCUT2D eigenvalue weighted by Crippen LogP contribution is 2.21. The molecule has 0 spiro atoms. The molecule has 1 aromatic heterocycles. The first kappa shape index (κ1) is 11.6. The highest BCUT2D eigenvalue weighted by molar-refractivity contribution is 6.09.